The fraction of sp³-hybridized carbons (Fsp3) is 0.500. The summed E-state index contributed by atoms with van der Waals surface area (Å²) in [6.45, 7) is -0.427. The van der Waals surface area contributed by atoms with Crippen LogP contribution in [0.4, 0.5) is 13.2 Å². The molecule has 0 amide bonds. The molecular formula is C6H6F3N3O2. The highest BCUT2D eigenvalue weighted by molar-refractivity contribution is 5.82. The largest absolute Gasteiger partial charge is 0.475 e. The highest BCUT2D eigenvalue weighted by atomic mass is 19.4. The number of carboxylic acid groups (broad SMARTS) is 1. The van der Waals surface area contributed by atoms with Crippen molar-refractivity contribution in [3.05, 3.63) is 12.2 Å². The van der Waals surface area contributed by atoms with Gasteiger partial charge in [-0.15, -0.1) is 5.10 Å². The summed E-state index contributed by atoms with van der Waals surface area (Å²) in [5.74, 6) is -1.87. The molecule has 1 rings (SSSR count). The monoisotopic (exact) mass is 209 g/mol. The molecule has 0 aliphatic carbocycles. The van der Waals surface area contributed by atoms with Gasteiger partial charge in [-0.2, -0.15) is 13.2 Å². The minimum atomic E-state index is -4.28. The zero-order chi connectivity index (χ0) is 10.8. The highest BCUT2D eigenvalue weighted by Crippen LogP contribution is 2.19. The maximum atomic E-state index is 11.7. The first-order valence-corrected chi connectivity index (χ1v) is 3.58. The maximum absolute atomic E-state index is 11.7. The van der Waals surface area contributed by atoms with E-state index >= 15 is 0 Å². The molecule has 0 saturated heterocycles. The second-order valence-electron chi connectivity index (χ2n) is 2.50. The van der Waals surface area contributed by atoms with E-state index in [1.54, 1.807) is 0 Å². The molecule has 0 unspecified atom stereocenters. The number of nitrogens with zero attached hydrogens (tertiary/aromatic N) is 3. The van der Waals surface area contributed by atoms with E-state index in [0.717, 1.165) is 11.0 Å². The van der Waals surface area contributed by atoms with Crippen molar-refractivity contribution in [2.45, 2.75) is 19.1 Å². The molecule has 0 atom stereocenters. The van der Waals surface area contributed by atoms with Crippen LogP contribution in [0, 0.1) is 0 Å². The van der Waals surface area contributed by atoms with Crippen molar-refractivity contribution in [2.75, 3.05) is 0 Å². The van der Waals surface area contributed by atoms with Gasteiger partial charge in [0.2, 0.25) is 0 Å². The van der Waals surface area contributed by atoms with Crippen LogP contribution in [0.5, 0.6) is 0 Å². The number of alkyl halides is 3. The number of rotatable bonds is 3. The van der Waals surface area contributed by atoms with Crippen molar-refractivity contribution in [2.24, 2.45) is 0 Å². The number of aryl methyl sites for hydroxylation is 1. The summed E-state index contributed by atoms with van der Waals surface area (Å²) in [6, 6.07) is 0. The minimum Gasteiger partial charge on any atom is -0.475 e. The summed E-state index contributed by atoms with van der Waals surface area (Å²) in [6.07, 6.45) is -4.39. The van der Waals surface area contributed by atoms with Crippen LogP contribution in [-0.2, 0) is 6.54 Å². The number of hydrogen-bond acceptors (Lipinski definition) is 3. The molecule has 8 heteroatoms. The molecule has 1 N–H and O–H groups in total. The minimum absolute atomic E-state index is 0.427. The zero-order valence-corrected chi connectivity index (χ0v) is 6.82. The van der Waals surface area contributed by atoms with E-state index in [0.29, 0.717) is 0 Å². The third-order valence-corrected chi connectivity index (χ3v) is 1.35. The van der Waals surface area contributed by atoms with Crippen molar-refractivity contribution >= 4 is 5.97 Å². The Labute approximate surface area is 76.2 Å². The fourth-order valence-electron chi connectivity index (χ4n) is 0.742. The molecule has 1 heterocycles. The number of aromatic carboxylic acids is 1. The molecule has 0 aliphatic rings. The van der Waals surface area contributed by atoms with Gasteiger partial charge in [-0.3, -0.25) is 4.68 Å². The smallest absolute Gasteiger partial charge is 0.390 e. The van der Waals surface area contributed by atoms with E-state index in [1.165, 1.54) is 0 Å². The van der Waals surface area contributed by atoms with Crippen LogP contribution in [0.15, 0.2) is 6.33 Å². The second-order valence-corrected chi connectivity index (χ2v) is 2.50. The summed E-state index contributed by atoms with van der Waals surface area (Å²) in [4.78, 5) is 13.6. The molecule has 0 spiro atoms. The standard InChI is InChI=1S/C6H6F3N3O2/c7-6(8,9)1-2-12-3-10-4(11-12)5(13)14/h3H,1-2H2,(H,13,14). The van der Waals surface area contributed by atoms with Gasteiger partial charge in [-0.25, -0.2) is 9.78 Å². The van der Waals surface area contributed by atoms with Crippen LogP contribution >= 0.6 is 0 Å². The first-order valence-electron chi connectivity index (χ1n) is 3.58. The quantitative estimate of drug-likeness (QED) is 0.803. The molecule has 1 aromatic heterocycles. The lowest BCUT2D eigenvalue weighted by atomic mass is 10.4. The average Bonchev–Trinajstić information content (AvgIpc) is 2.47. The lowest BCUT2D eigenvalue weighted by Crippen LogP contribution is -2.13. The van der Waals surface area contributed by atoms with E-state index < -0.39 is 30.9 Å². The van der Waals surface area contributed by atoms with Crippen molar-refractivity contribution < 1.29 is 23.1 Å². The molecule has 0 saturated carbocycles. The molecule has 1 aromatic rings. The van der Waals surface area contributed by atoms with Gasteiger partial charge < -0.3 is 5.11 Å². The lowest BCUT2D eigenvalue weighted by Gasteiger charge is -2.04. The van der Waals surface area contributed by atoms with Crippen LogP contribution in [0.1, 0.15) is 17.0 Å². The predicted octanol–water partition coefficient (Wildman–Crippen LogP) is 0.929. The fourth-order valence-corrected chi connectivity index (χ4v) is 0.742. The van der Waals surface area contributed by atoms with Crippen molar-refractivity contribution in [1.82, 2.24) is 14.8 Å². The summed E-state index contributed by atoms with van der Waals surface area (Å²) < 4.78 is 36.0. The first kappa shape index (κ1) is 10.5. The van der Waals surface area contributed by atoms with Crippen molar-refractivity contribution in [3.63, 3.8) is 0 Å². The third kappa shape index (κ3) is 3.04. The van der Waals surface area contributed by atoms with Crippen LogP contribution in [0.25, 0.3) is 0 Å². The third-order valence-electron chi connectivity index (χ3n) is 1.35. The van der Waals surface area contributed by atoms with Gasteiger partial charge in [0.25, 0.3) is 5.82 Å². The van der Waals surface area contributed by atoms with Crippen LogP contribution in [0.3, 0.4) is 0 Å². The molecule has 0 aliphatic heterocycles. The summed E-state index contributed by atoms with van der Waals surface area (Å²) >= 11 is 0. The summed E-state index contributed by atoms with van der Waals surface area (Å²) in [5, 5.41) is 11.7. The van der Waals surface area contributed by atoms with Gasteiger partial charge in [0.1, 0.15) is 6.33 Å². The summed E-state index contributed by atoms with van der Waals surface area (Å²) in [7, 11) is 0. The van der Waals surface area contributed by atoms with E-state index in [9.17, 15) is 18.0 Å². The highest BCUT2D eigenvalue weighted by Gasteiger charge is 2.27. The molecule has 0 bridgehead atoms. The Morgan fingerprint density at radius 1 is 1.57 bits per heavy atom. The van der Waals surface area contributed by atoms with Crippen LogP contribution in [0.2, 0.25) is 0 Å². The molecule has 14 heavy (non-hydrogen) atoms. The Bertz CT molecular complexity index is 333. The normalized spacial score (nSPS) is 11.6. The van der Waals surface area contributed by atoms with Gasteiger partial charge >= 0.3 is 12.1 Å². The Hall–Kier alpha value is -1.60. The van der Waals surface area contributed by atoms with E-state index in [4.69, 9.17) is 5.11 Å². The van der Waals surface area contributed by atoms with Gasteiger partial charge in [-0.1, -0.05) is 0 Å². The van der Waals surface area contributed by atoms with Crippen molar-refractivity contribution in [3.8, 4) is 0 Å². The number of carbonyl (C=O) groups is 1. The van der Waals surface area contributed by atoms with E-state index in [1.807, 2.05) is 0 Å². The summed E-state index contributed by atoms with van der Waals surface area (Å²) in [5.41, 5.74) is 0. The Morgan fingerprint density at radius 2 is 2.21 bits per heavy atom. The number of aromatic nitrogens is 3. The maximum Gasteiger partial charge on any atom is 0.390 e. The number of carboxylic acids is 1. The second kappa shape index (κ2) is 3.64. The lowest BCUT2D eigenvalue weighted by molar-refractivity contribution is -0.137. The van der Waals surface area contributed by atoms with Gasteiger partial charge in [0, 0.05) is 0 Å². The Morgan fingerprint density at radius 3 is 2.64 bits per heavy atom. The SMILES string of the molecule is O=C(O)c1ncn(CCC(F)(F)F)n1. The molecule has 0 aromatic carbocycles. The van der Waals surface area contributed by atoms with Crippen LogP contribution in [-0.4, -0.2) is 32.0 Å². The Kier molecular flexibility index (Phi) is 2.73. The Balaban J connectivity index is 2.56. The molecule has 78 valence electrons. The molecular weight excluding hydrogens is 203 g/mol. The van der Waals surface area contributed by atoms with Gasteiger partial charge in [-0.05, 0) is 0 Å². The zero-order valence-electron chi connectivity index (χ0n) is 6.82. The first-order chi connectivity index (χ1) is 6.38. The number of halogens is 3. The van der Waals surface area contributed by atoms with Crippen LogP contribution < -0.4 is 0 Å². The number of hydrogen-bond donors (Lipinski definition) is 1. The molecule has 0 radical (unpaired) electrons. The van der Waals surface area contributed by atoms with Crippen molar-refractivity contribution in [1.29, 1.82) is 0 Å². The predicted molar refractivity (Wildman–Crippen MR) is 37.7 cm³/mol. The van der Waals surface area contributed by atoms with Gasteiger partial charge in [0.05, 0.1) is 13.0 Å². The topological polar surface area (TPSA) is 68.0 Å². The van der Waals surface area contributed by atoms with E-state index in [-0.39, 0.29) is 0 Å². The van der Waals surface area contributed by atoms with E-state index in [2.05, 4.69) is 10.1 Å². The molecule has 5 nitrogen and oxygen atoms in total. The molecule has 0 fully saturated rings. The average molecular weight is 209 g/mol. The van der Waals surface area contributed by atoms with Gasteiger partial charge in [0.15, 0.2) is 0 Å².